The molecule has 1 nitrogen and oxygen atoms in total. The standard InChI is InChI=1S/C12H12F4O/c13-10-2-1-9(12(14,15)16)7-8(10)3-4-11(17)5-6-11/h1-2,7,17H,3-6H2. The van der Waals surface area contributed by atoms with Crippen molar-refractivity contribution >= 4 is 0 Å². The zero-order chi connectivity index (χ0) is 12.7. The summed E-state index contributed by atoms with van der Waals surface area (Å²) >= 11 is 0. The van der Waals surface area contributed by atoms with Crippen LogP contribution in [0.1, 0.15) is 30.4 Å². The van der Waals surface area contributed by atoms with Crippen molar-refractivity contribution < 1.29 is 22.7 Å². The van der Waals surface area contributed by atoms with Crippen LogP contribution in [-0.4, -0.2) is 10.7 Å². The van der Waals surface area contributed by atoms with Gasteiger partial charge in [-0.3, -0.25) is 0 Å². The molecule has 2 rings (SSSR count). The van der Waals surface area contributed by atoms with E-state index in [1.54, 1.807) is 0 Å². The summed E-state index contributed by atoms with van der Waals surface area (Å²) in [7, 11) is 0. The molecule has 0 heterocycles. The third-order valence-electron chi connectivity index (χ3n) is 3.06. The summed E-state index contributed by atoms with van der Waals surface area (Å²) in [6.07, 6.45) is -2.72. The first-order chi connectivity index (χ1) is 7.80. The van der Waals surface area contributed by atoms with E-state index in [0.717, 1.165) is 18.2 Å². The molecule has 1 aliphatic carbocycles. The third kappa shape index (κ3) is 2.97. The van der Waals surface area contributed by atoms with Gasteiger partial charge in [0.25, 0.3) is 0 Å². The first-order valence-corrected chi connectivity index (χ1v) is 5.38. The minimum atomic E-state index is -4.46. The lowest BCUT2D eigenvalue weighted by molar-refractivity contribution is -0.137. The van der Waals surface area contributed by atoms with E-state index in [-0.39, 0.29) is 12.0 Å². The zero-order valence-electron chi connectivity index (χ0n) is 9.02. The Balaban J connectivity index is 2.14. The van der Waals surface area contributed by atoms with E-state index in [2.05, 4.69) is 0 Å². The van der Waals surface area contributed by atoms with Gasteiger partial charge in [0.2, 0.25) is 0 Å². The lowest BCUT2D eigenvalue weighted by Gasteiger charge is -2.11. The average molecular weight is 248 g/mol. The van der Waals surface area contributed by atoms with Crippen molar-refractivity contribution in [2.75, 3.05) is 0 Å². The number of hydrogen-bond acceptors (Lipinski definition) is 1. The molecule has 94 valence electrons. The maximum absolute atomic E-state index is 13.3. The highest BCUT2D eigenvalue weighted by atomic mass is 19.4. The minimum absolute atomic E-state index is 0.0140. The normalized spacial score (nSPS) is 18.2. The van der Waals surface area contributed by atoms with Gasteiger partial charge in [-0.1, -0.05) is 0 Å². The van der Waals surface area contributed by atoms with Crippen molar-refractivity contribution in [1.29, 1.82) is 0 Å². The van der Waals surface area contributed by atoms with Gasteiger partial charge in [-0.15, -0.1) is 0 Å². The second kappa shape index (κ2) is 3.98. The number of alkyl halides is 3. The van der Waals surface area contributed by atoms with Crippen LogP contribution in [0.15, 0.2) is 18.2 Å². The number of aliphatic hydroxyl groups is 1. The molecular formula is C12H12F4O. The summed E-state index contributed by atoms with van der Waals surface area (Å²) < 4.78 is 50.5. The van der Waals surface area contributed by atoms with Crippen LogP contribution >= 0.6 is 0 Å². The summed E-state index contributed by atoms with van der Waals surface area (Å²) in [6.45, 7) is 0. The van der Waals surface area contributed by atoms with Crippen LogP contribution < -0.4 is 0 Å². The predicted molar refractivity (Wildman–Crippen MR) is 53.9 cm³/mol. The average Bonchev–Trinajstić information content (AvgIpc) is 2.94. The van der Waals surface area contributed by atoms with Crippen molar-refractivity contribution in [2.45, 2.75) is 37.5 Å². The molecule has 0 spiro atoms. The monoisotopic (exact) mass is 248 g/mol. The first kappa shape index (κ1) is 12.4. The Hall–Kier alpha value is -1.10. The van der Waals surface area contributed by atoms with Gasteiger partial charge in [-0.05, 0) is 49.4 Å². The second-order valence-electron chi connectivity index (χ2n) is 4.53. The van der Waals surface area contributed by atoms with Crippen LogP contribution in [0.2, 0.25) is 0 Å². The fourth-order valence-corrected chi connectivity index (χ4v) is 1.70. The molecule has 0 aromatic heterocycles. The Morgan fingerprint density at radius 1 is 1.24 bits per heavy atom. The number of rotatable bonds is 3. The van der Waals surface area contributed by atoms with Gasteiger partial charge in [-0.25, -0.2) is 4.39 Å². The molecule has 0 radical (unpaired) electrons. The second-order valence-corrected chi connectivity index (χ2v) is 4.53. The van der Waals surface area contributed by atoms with E-state index in [0.29, 0.717) is 19.3 Å². The van der Waals surface area contributed by atoms with Crippen LogP contribution in [0.4, 0.5) is 17.6 Å². The Morgan fingerprint density at radius 2 is 1.88 bits per heavy atom. The summed E-state index contributed by atoms with van der Waals surface area (Å²) in [5, 5.41) is 9.57. The molecule has 17 heavy (non-hydrogen) atoms. The molecule has 1 fully saturated rings. The molecule has 0 saturated heterocycles. The maximum Gasteiger partial charge on any atom is 0.416 e. The summed E-state index contributed by atoms with van der Waals surface area (Å²) in [4.78, 5) is 0. The van der Waals surface area contributed by atoms with Gasteiger partial charge in [0.15, 0.2) is 0 Å². The van der Waals surface area contributed by atoms with E-state index in [1.165, 1.54) is 0 Å². The molecule has 1 saturated carbocycles. The number of benzene rings is 1. The van der Waals surface area contributed by atoms with Gasteiger partial charge >= 0.3 is 6.18 Å². The number of halogens is 4. The first-order valence-electron chi connectivity index (χ1n) is 5.38. The smallest absolute Gasteiger partial charge is 0.390 e. The molecule has 1 aromatic carbocycles. The van der Waals surface area contributed by atoms with Gasteiger partial charge in [-0.2, -0.15) is 13.2 Å². The molecule has 0 aliphatic heterocycles. The Labute approximate surface area is 96.1 Å². The molecular weight excluding hydrogens is 236 g/mol. The third-order valence-corrected chi connectivity index (χ3v) is 3.06. The molecule has 0 amide bonds. The molecule has 1 aromatic rings. The highest BCUT2D eigenvalue weighted by Gasteiger charge is 2.39. The summed E-state index contributed by atoms with van der Waals surface area (Å²) in [5.74, 6) is -0.651. The van der Waals surface area contributed by atoms with Crippen molar-refractivity contribution in [3.63, 3.8) is 0 Å². The maximum atomic E-state index is 13.3. The zero-order valence-corrected chi connectivity index (χ0v) is 9.02. The van der Waals surface area contributed by atoms with Gasteiger partial charge in [0, 0.05) is 0 Å². The van der Waals surface area contributed by atoms with Gasteiger partial charge < -0.3 is 5.11 Å². The molecule has 0 bridgehead atoms. The van der Waals surface area contributed by atoms with Gasteiger partial charge in [0.1, 0.15) is 5.82 Å². The molecule has 1 aliphatic rings. The van der Waals surface area contributed by atoms with E-state index >= 15 is 0 Å². The molecule has 0 unspecified atom stereocenters. The number of aryl methyl sites for hydroxylation is 1. The SMILES string of the molecule is OC1(CCc2cc(C(F)(F)F)ccc2F)CC1. The molecule has 0 atom stereocenters. The quantitative estimate of drug-likeness (QED) is 0.814. The lowest BCUT2D eigenvalue weighted by atomic mass is 10.0. The van der Waals surface area contributed by atoms with Gasteiger partial charge in [0.05, 0.1) is 11.2 Å². The largest absolute Gasteiger partial charge is 0.416 e. The van der Waals surface area contributed by atoms with Crippen LogP contribution in [-0.2, 0) is 12.6 Å². The lowest BCUT2D eigenvalue weighted by Crippen LogP contribution is -2.10. The Morgan fingerprint density at radius 3 is 2.41 bits per heavy atom. The van der Waals surface area contributed by atoms with Crippen LogP contribution in [0, 0.1) is 5.82 Å². The fourth-order valence-electron chi connectivity index (χ4n) is 1.70. The fraction of sp³-hybridized carbons (Fsp3) is 0.500. The van der Waals surface area contributed by atoms with E-state index < -0.39 is 23.2 Å². The van der Waals surface area contributed by atoms with Crippen molar-refractivity contribution in [1.82, 2.24) is 0 Å². The topological polar surface area (TPSA) is 20.2 Å². The molecule has 5 heteroatoms. The van der Waals surface area contributed by atoms with E-state index in [9.17, 15) is 22.7 Å². The van der Waals surface area contributed by atoms with Crippen molar-refractivity contribution in [2.24, 2.45) is 0 Å². The molecule has 1 N–H and O–H groups in total. The summed E-state index contributed by atoms with van der Waals surface area (Å²) in [6, 6.07) is 2.38. The number of hydrogen-bond donors (Lipinski definition) is 1. The van der Waals surface area contributed by atoms with E-state index in [1.807, 2.05) is 0 Å². The van der Waals surface area contributed by atoms with Crippen molar-refractivity contribution in [3.05, 3.63) is 35.1 Å². The van der Waals surface area contributed by atoms with Crippen molar-refractivity contribution in [3.8, 4) is 0 Å². The highest BCUT2D eigenvalue weighted by Crippen LogP contribution is 2.39. The highest BCUT2D eigenvalue weighted by molar-refractivity contribution is 5.27. The van der Waals surface area contributed by atoms with Crippen LogP contribution in [0.3, 0.4) is 0 Å². The van der Waals surface area contributed by atoms with Crippen LogP contribution in [0.5, 0.6) is 0 Å². The van der Waals surface area contributed by atoms with Crippen LogP contribution in [0.25, 0.3) is 0 Å². The Kier molecular flexibility index (Phi) is 2.89. The Bertz CT molecular complexity index is 421. The minimum Gasteiger partial charge on any atom is -0.390 e. The van der Waals surface area contributed by atoms with E-state index in [4.69, 9.17) is 0 Å². The summed E-state index contributed by atoms with van der Waals surface area (Å²) in [5.41, 5.74) is -1.61. The predicted octanol–water partition coefficient (Wildman–Crippen LogP) is 3.30.